The first-order chi connectivity index (χ1) is 13.8. The van der Waals surface area contributed by atoms with E-state index >= 15 is 0 Å². The molecule has 3 heterocycles. The summed E-state index contributed by atoms with van der Waals surface area (Å²) in [7, 11) is 0. The van der Waals surface area contributed by atoms with Gasteiger partial charge in [-0.1, -0.05) is 54.8 Å². The number of benzene rings is 1. The molecule has 2 aromatic heterocycles. The van der Waals surface area contributed by atoms with Crippen LogP contribution in [-0.4, -0.2) is 31.6 Å². The Balaban J connectivity index is 1.25. The van der Waals surface area contributed by atoms with Gasteiger partial charge in [0.2, 0.25) is 11.7 Å². The predicted octanol–water partition coefficient (Wildman–Crippen LogP) is 4.13. The van der Waals surface area contributed by atoms with Crippen LogP contribution in [0.15, 0.2) is 41.1 Å². The molecule has 0 saturated heterocycles. The van der Waals surface area contributed by atoms with E-state index in [0.717, 1.165) is 30.9 Å². The van der Waals surface area contributed by atoms with Gasteiger partial charge in [-0.3, -0.25) is 4.90 Å². The van der Waals surface area contributed by atoms with Crippen LogP contribution in [0.5, 0.6) is 0 Å². The Morgan fingerprint density at radius 1 is 1.04 bits per heavy atom. The summed E-state index contributed by atoms with van der Waals surface area (Å²) in [4.78, 5) is 16.5. The standard InChI is InChI=1S/C22H25N5O/c1-3-7-16(8-4-1)21-23-13-18-14-27(12-11-19(18)24-21)15-20-25-22(26-28-20)17-9-5-2-6-10-17/h2,5-6,9-10,13,16H,1,3-4,7-8,11-12,14-15H2. The average molecular weight is 375 g/mol. The van der Waals surface area contributed by atoms with Crippen molar-refractivity contribution < 1.29 is 4.52 Å². The fourth-order valence-corrected chi connectivity index (χ4v) is 4.30. The third kappa shape index (κ3) is 3.69. The Hall–Kier alpha value is -2.60. The number of hydrogen-bond acceptors (Lipinski definition) is 6. The molecule has 5 rings (SSSR count). The average Bonchev–Trinajstić information content (AvgIpc) is 3.23. The maximum absolute atomic E-state index is 5.47. The fourth-order valence-electron chi connectivity index (χ4n) is 4.30. The molecule has 0 atom stereocenters. The third-order valence-corrected chi connectivity index (χ3v) is 5.86. The molecule has 1 aliphatic carbocycles. The lowest BCUT2D eigenvalue weighted by Crippen LogP contribution is -2.31. The maximum atomic E-state index is 5.47. The van der Waals surface area contributed by atoms with Crippen LogP contribution in [0.25, 0.3) is 11.4 Å². The number of fused-ring (bicyclic) bond motifs is 1. The largest absolute Gasteiger partial charge is 0.338 e. The zero-order valence-electron chi connectivity index (χ0n) is 16.0. The van der Waals surface area contributed by atoms with Crippen molar-refractivity contribution in [1.29, 1.82) is 0 Å². The first-order valence-electron chi connectivity index (χ1n) is 10.3. The van der Waals surface area contributed by atoms with E-state index in [1.165, 1.54) is 43.4 Å². The van der Waals surface area contributed by atoms with Gasteiger partial charge >= 0.3 is 0 Å². The summed E-state index contributed by atoms with van der Waals surface area (Å²) in [6, 6.07) is 9.93. The van der Waals surface area contributed by atoms with Crippen LogP contribution in [-0.2, 0) is 19.5 Å². The molecule has 3 aromatic rings. The Morgan fingerprint density at radius 2 is 1.89 bits per heavy atom. The summed E-state index contributed by atoms with van der Waals surface area (Å²) in [5.41, 5.74) is 3.43. The highest BCUT2D eigenvalue weighted by Gasteiger charge is 2.23. The van der Waals surface area contributed by atoms with E-state index < -0.39 is 0 Å². The fraction of sp³-hybridized carbons (Fsp3) is 0.455. The highest BCUT2D eigenvalue weighted by molar-refractivity contribution is 5.53. The minimum Gasteiger partial charge on any atom is -0.338 e. The lowest BCUT2D eigenvalue weighted by Gasteiger charge is -2.28. The van der Waals surface area contributed by atoms with Gasteiger partial charge in [0, 0.05) is 48.4 Å². The summed E-state index contributed by atoms with van der Waals surface area (Å²) < 4.78 is 5.47. The summed E-state index contributed by atoms with van der Waals surface area (Å²) >= 11 is 0. The van der Waals surface area contributed by atoms with Crippen molar-refractivity contribution in [2.24, 2.45) is 0 Å². The van der Waals surface area contributed by atoms with E-state index in [4.69, 9.17) is 14.5 Å². The normalized spacial score (nSPS) is 18.1. The molecular formula is C22H25N5O. The van der Waals surface area contributed by atoms with Gasteiger partial charge in [0.05, 0.1) is 6.54 Å². The molecule has 1 aromatic carbocycles. The summed E-state index contributed by atoms with van der Waals surface area (Å²) in [6.45, 7) is 2.45. The summed E-state index contributed by atoms with van der Waals surface area (Å²) in [5.74, 6) is 2.93. The smallest absolute Gasteiger partial charge is 0.241 e. The molecule has 28 heavy (non-hydrogen) atoms. The van der Waals surface area contributed by atoms with Gasteiger partial charge in [0.1, 0.15) is 5.82 Å². The molecule has 0 amide bonds. The topological polar surface area (TPSA) is 67.9 Å². The first kappa shape index (κ1) is 17.5. The van der Waals surface area contributed by atoms with Crippen LogP contribution in [0.3, 0.4) is 0 Å². The van der Waals surface area contributed by atoms with Crippen LogP contribution in [0.2, 0.25) is 0 Å². The van der Waals surface area contributed by atoms with E-state index in [0.29, 0.717) is 24.2 Å². The Kier molecular flexibility index (Phi) is 4.87. The van der Waals surface area contributed by atoms with Crippen molar-refractivity contribution >= 4 is 0 Å². The zero-order valence-corrected chi connectivity index (χ0v) is 16.0. The van der Waals surface area contributed by atoms with Crippen LogP contribution in [0.1, 0.15) is 61.0 Å². The molecule has 0 radical (unpaired) electrons. The molecule has 144 valence electrons. The van der Waals surface area contributed by atoms with E-state index in [1.54, 1.807) is 0 Å². The van der Waals surface area contributed by atoms with Gasteiger partial charge in [-0.25, -0.2) is 9.97 Å². The van der Waals surface area contributed by atoms with Crippen molar-refractivity contribution in [3.8, 4) is 11.4 Å². The van der Waals surface area contributed by atoms with Crippen LogP contribution in [0, 0.1) is 0 Å². The molecule has 6 nitrogen and oxygen atoms in total. The van der Waals surface area contributed by atoms with E-state index in [9.17, 15) is 0 Å². The molecule has 0 bridgehead atoms. The second kappa shape index (κ2) is 7.80. The first-order valence-corrected chi connectivity index (χ1v) is 10.3. The summed E-state index contributed by atoms with van der Waals surface area (Å²) in [6.07, 6.45) is 9.47. The summed E-state index contributed by atoms with van der Waals surface area (Å²) in [5, 5.41) is 4.12. The highest BCUT2D eigenvalue weighted by atomic mass is 16.5. The molecular weight excluding hydrogens is 350 g/mol. The van der Waals surface area contributed by atoms with Crippen LogP contribution >= 0.6 is 0 Å². The van der Waals surface area contributed by atoms with Crippen molar-refractivity contribution in [3.05, 3.63) is 59.5 Å². The number of hydrogen-bond donors (Lipinski definition) is 0. The lowest BCUT2D eigenvalue weighted by molar-refractivity contribution is 0.208. The molecule has 0 spiro atoms. The van der Waals surface area contributed by atoms with E-state index in [-0.39, 0.29) is 0 Å². The molecule has 1 fully saturated rings. The van der Waals surface area contributed by atoms with Gasteiger partial charge < -0.3 is 4.52 Å². The molecule has 0 unspecified atom stereocenters. The monoisotopic (exact) mass is 375 g/mol. The molecule has 2 aliphatic rings. The highest BCUT2D eigenvalue weighted by Crippen LogP contribution is 2.31. The van der Waals surface area contributed by atoms with Gasteiger partial charge in [-0.15, -0.1) is 0 Å². The lowest BCUT2D eigenvalue weighted by atomic mass is 9.88. The zero-order chi connectivity index (χ0) is 18.8. The maximum Gasteiger partial charge on any atom is 0.241 e. The Bertz CT molecular complexity index is 933. The number of rotatable bonds is 4. The second-order valence-electron chi connectivity index (χ2n) is 7.87. The SMILES string of the molecule is c1ccc(-c2noc(CN3CCc4nc(C5CCCCC5)ncc4C3)n2)cc1. The van der Waals surface area contributed by atoms with Crippen LogP contribution < -0.4 is 0 Å². The predicted molar refractivity (Wildman–Crippen MR) is 105 cm³/mol. The minimum absolute atomic E-state index is 0.562. The van der Waals surface area contributed by atoms with Crippen molar-refractivity contribution in [3.63, 3.8) is 0 Å². The second-order valence-corrected chi connectivity index (χ2v) is 7.87. The Morgan fingerprint density at radius 3 is 2.75 bits per heavy atom. The van der Waals surface area contributed by atoms with Crippen molar-refractivity contribution in [2.45, 2.75) is 57.5 Å². The number of nitrogens with zero attached hydrogens (tertiary/aromatic N) is 5. The Labute approximate surface area is 165 Å². The molecule has 1 aliphatic heterocycles. The van der Waals surface area contributed by atoms with E-state index in [2.05, 4.69) is 15.0 Å². The molecule has 6 heteroatoms. The third-order valence-electron chi connectivity index (χ3n) is 5.86. The molecule has 1 saturated carbocycles. The van der Waals surface area contributed by atoms with Gasteiger partial charge in [0.15, 0.2) is 0 Å². The minimum atomic E-state index is 0.562. The van der Waals surface area contributed by atoms with Crippen LogP contribution in [0.4, 0.5) is 0 Å². The van der Waals surface area contributed by atoms with Crippen molar-refractivity contribution in [1.82, 2.24) is 25.0 Å². The number of aromatic nitrogens is 4. The van der Waals surface area contributed by atoms with Crippen molar-refractivity contribution in [2.75, 3.05) is 6.54 Å². The van der Waals surface area contributed by atoms with Gasteiger partial charge in [0.25, 0.3) is 0 Å². The van der Waals surface area contributed by atoms with E-state index in [1.807, 2.05) is 36.5 Å². The molecule has 0 N–H and O–H groups in total. The van der Waals surface area contributed by atoms with Gasteiger partial charge in [-0.05, 0) is 12.8 Å². The quantitative estimate of drug-likeness (QED) is 0.683. The van der Waals surface area contributed by atoms with Gasteiger partial charge in [-0.2, -0.15) is 4.98 Å².